The summed E-state index contributed by atoms with van der Waals surface area (Å²) in [6, 6.07) is 16.5. The minimum Gasteiger partial charge on any atom is -0.328 e. The Bertz CT molecular complexity index is 839. The van der Waals surface area contributed by atoms with Crippen molar-refractivity contribution in [3.8, 4) is 11.1 Å². The second-order valence-electron chi connectivity index (χ2n) is 5.70. The Balaban J connectivity index is 1.74. The van der Waals surface area contributed by atoms with E-state index in [4.69, 9.17) is 0 Å². The van der Waals surface area contributed by atoms with Gasteiger partial charge in [0, 0.05) is 24.5 Å². The summed E-state index contributed by atoms with van der Waals surface area (Å²) in [7, 11) is 0. The van der Waals surface area contributed by atoms with Crippen LogP contribution in [0.15, 0.2) is 67.3 Å². The van der Waals surface area contributed by atoms with Gasteiger partial charge >= 0.3 is 0 Å². The van der Waals surface area contributed by atoms with E-state index in [0.717, 1.165) is 17.7 Å². The van der Waals surface area contributed by atoms with Crippen molar-refractivity contribution < 1.29 is 4.79 Å². The molecule has 2 aromatic carbocycles. The second kappa shape index (κ2) is 5.72. The van der Waals surface area contributed by atoms with E-state index in [1.54, 1.807) is 12.5 Å². The van der Waals surface area contributed by atoms with E-state index in [1.807, 2.05) is 33.9 Å². The highest BCUT2D eigenvalue weighted by Crippen LogP contribution is 2.36. The molecule has 1 amide bonds. The summed E-state index contributed by atoms with van der Waals surface area (Å²) in [5.74, 6) is 0.0863. The fraction of sp³-hybridized carbons (Fsp3) is 0.158. The van der Waals surface area contributed by atoms with Crippen molar-refractivity contribution in [1.29, 1.82) is 0 Å². The fourth-order valence-corrected chi connectivity index (χ4v) is 3.17. The zero-order chi connectivity index (χ0) is 15.6. The normalized spacial score (nSPS) is 13.1. The summed E-state index contributed by atoms with van der Waals surface area (Å²) in [5.41, 5.74) is 4.63. The zero-order valence-electron chi connectivity index (χ0n) is 12.7. The Morgan fingerprint density at radius 2 is 1.83 bits per heavy atom. The van der Waals surface area contributed by atoms with Gasteiger partial charge in [-0.25, -0.2) is 4.98 Å². The third-order valence-corrected chi connectivity index (χ3v) is 4.29. The van der Waals surface area contributed by atoms with Crippen LogP contribution in [0.2, 0.25) is 0 Å². The molecule has 0 aliphatic carbocycles. The summed E-state index contributed by atoms with van der Waals surface area (Å²) in [4.78, 5) is 18.7. The summed E-state index contributed by atoms with van der Waals surface area (Å²) in [6.45, 7) is 1.01. The van der Waals surface area contributed by atoms with Crippen LogP contribution in [-0.2, 0) is 17.8 Å². The summed E-state index contributed by atoms with van der Waals surface area (Å²) in [6.07, 6.45) is 6.05. The molecule has 23 heavy (non-hydrogen) atoms. The number of anilines is 1. The number of hydrogen-bond acceptors (Lipinski definition) is 2. The number of carbonyl (C=O) groups excluding carboxylic acids is 1. The molecule has 0 atom stereocenters. The van der Waals surface area contributed by atoms with Crippen LogP contribution in [0.3, 0.4) is 0 Å². The first-order valence-corrected chi connectivity index (χ1v) is 7.76. The zero-order valence-corrected chi connectivity index (χ0v) is 12.7. The Hall–Kier alpha value is -2.88. The van der Waals surface area contributed by atoms with Crippen molar-refractivity contribution in [3.05, 3.63) is 72.8 Å². The molecular weight excluding hydrogens is 286 g/mol. The van der Waals surface area contributed by atoms with Gasteiger partial charge in [-0.15, -0.1) is 0 Å². The minimum absolute atomic E-state index is 0.0863. The Labute approximate surface area is 135 Å². The molecule has 0 fully saturated rings. The number of imidazole rings is 1. The van der Waals surface area contributed by atoms with Gasteiger partial charge in [0.2, 0.25) is 5.91 Å². The predicted octanol–water partition coefficient (Wildman–Crippen LogP) is 3.14. The highest BCUT2D eigenvalue weighted by molar-refractivity contribution is 5.98. The van der Waals surface area contributed by atoms with Gasteiger partial charge in [-0.3, -0.25) is 4.79 Å². The molecule has 1 aliphatic heterocycles. The van der Waals surface area contributed by atoms with Gasteiger partial charge < -0.3 is 9.47 Å². The van der Waals surface area contributed by atoms with Crippen molar-refractivity contribution in [2.75, 3.05) is 11.4 Å². The van der Waals surface area contributed by atoms with E-state index < -0.39 is 0 Å². The second-order valence-corrected chi connectivity index (χ2v) is 5.70. The lowest BCUT2D eigenvalue weighted by Gasteiger charge is -2.23. The van der Waals surface area contributed by atoms with Crippen molar-refractivity contribution in [2.45, 2.75) is 13.0 Å². The number of rotatable bonds is 2. The number of benzene rings is 2. The molecule has 4 heteroatoms. The lowest BCUT2D eigenvalue weighted by molar-refractivity contribution is -0.119. The molecule has 4 nitrogen and oxygen atoms in total. The predicted molar refractivity (Wildman–Crippen MR) is 90.2 cm³/mol. The van der Waals surface area contributed by atoms with Crippen LogP contribution in [0.25, 0.3) is 11.1 Å². The maximum atomic E-state index is 12.8. The molecule has 1 aliphatic rings. The number of nitrogens with zero attached hydrogens (tertiary/aromatic N) is 3. The highest BCUT2D eigenvalue weighted by atomic mass is 16.2. The SMILES string of the molecule is O=C(Cn1ccnc1)N1CCc2ccccc2-c2ccccc21. The van der Waals surface area contributed by atoms with Crippen LogP contribution < -0.4 is 4.90 Å². The molecule has 0 saturated heterocycles. The van der Waals surface area contributed by atoms with E-state index in [9.17, 15) is 4.79 Å². The molecule has 0 unspecified atom stereocenters. The Morgan fingerprint density at radius 1 is 1.04 bits per heavy atom. The van der Waals surface area contributed by atoms with Crippen LogP contribution in [-0.4, -0.2) is 22.0 Å². The molecular formula is C19H17N3O. The smallest absolute Gasteiger partial charge is 0.246 e. The topological polar surface area (TPSA) is 38.1 Å². The third-order valence-electron chi connectivity index (χ3n) is 4.29. The number of para-hydroxylation sites is 1. The van der Waals surface area contributed by atoms with Gasteiger partial charge in [-0.2, -0.15) is 0 Å². The van der Waals surface area contributed by atoms with E-state index in [-0.39, 0.29) is 5.91 Å². The lowest BCUT2D eigenvalue weighted by atomic mass is 9.98. The number of aromatic nitrogens is 2. The number of hydrogen-bond donors (Lipinski definition) is 0. The van der Waals surface area contributed by atoms with Crippen LogP contribution >= 0.6 is 0 Å². The molecule has 0 spiro atoms. The van der Waals surface area contributed by atoms with Gasteiger partial charge in [-0.1, -0.05) is 42.5 Å². The maximum Gasteiger partial charge on any atom is 0.246 e. The van der Waals surface area contributed by atoms with Crippen LogP contribution in [0.5, 0.6) is 0 Å². The van der Waals surface area contributed by atoms with Crippen molar-refractivity contribution >= 4 is 11.6 Å². The standard InChI is InChI=1S/C19H17N3O/c23-19(13-21-12-10-20-14-21)22-11-9-15-5-1-2-6-16(15)17-7-3-4-8-18(17)22/h1-8,10,12,14H,9,11,13H2. The van der Waals surface area contributed by atoms with E-state index in [2.05, 4.69) is 35.3 Å². The molecule has 3 aromatic rings. The van der Waals surface area contributed by atoms with Crippen LogP contribution in [0.4, 0.5) is 5.69 Å². The van der Waals surface area contributed by atoms with Crippen molar-refractivity contribution in [2.24, 2.45) is 0 Å². The third kappa shape index (κ3) is 2.52. The molecule has 4 rings (SSSR count). The van der Waals surface area contributed by atoms with Crippen molar-refractivity contribution in [1.82, 2.24) is 9.55 Å². The van der Waals surface area contributed by atoms with Gasteiger partial charge in [0.1, 0.15) is 6.54 Å². The number of amides is 1. The van der Waals surface area contributed by atoms with Gasteiger partial charge in [0.25, 0.3) is 0 Å². The molecule has 0 N–H and O–H groups in total. The van der Waals surface area contributed by atoms with E-state index >= 15 is 0 Å². The highest BCUT2D eigenvalue weighted by Gasteiger charge is 2.23. The fourth-order valence-electron chi connectivity index (χ4n) is 3.17. The molecule has 2 heterocycles. The number of carbonyl (C=O) groups is 1. The van der Waals surface area contributed by atoms with Gasteiger partial charge in [0.05, 0.1) is 12.0 Å². The largest absolute Gasteiger partial charge is 0.328 e. The summed E-state index contributed by atoms with van der Waals surface area (Å²) >= 11 is 0. The first kappa shape index (κ1) is 13.8. The first-order chi connectivity index (χ1) is 11.3. The average molecular weight is 303 g/mol. The average Bonchev–Trinajstić information content (AvgIpc) is 3.02. The molecule has 0 saturated carbocycles. The van der Waals surface area contributed by atoms with Gasteiger partial charge in [-0.05, 0) is 23.6 Å². The Kier molecular flexibility index (Phi) is 3.42. The minimum atomic E-state index is 0.0863. The first-order valence-electron chi connectivity index (χ1n) is 7.76. The molecule has 114 valence electrons. The summed E-state index contributed by atoms with van der Waals surface area (Å²) in [5, 5.41) is 0. The van der Waals surface area contributed by atoms with Crippen molar-refractivity contribution in [3.63, 3.8) is 0 Å². The maximum absolute atomic E-state index is 12.8. The molecule has 0 radical (unpaired) electrons. The number of fused-ring (bicyclic) bond motifs is 3. The van der Waals surface area contributed by atoms with E-state index in [1.165, 1.54) is 11.1 Å². The van der Waals surface area contributed by atoms with Crippen LogP contribution in [0, 0.1) is 0 Å². The monoisotopic (exact) mass is 303 g/mol. The van der Waals surface area contributed by atoms with Crippen LogP contribution in [0.1, 0.15) is 5.56 Å². The Morgan fingerprint density at radius 3 is 2.65 bits per heavy atom. The lowest BCUT2D eigenvalue weighted by Crippen LogP contribution is -2.35. The molecule has 1 aromatic heterocycles. The molecule has 0 bridgehead atoms. The summed E-state index contributed by atoms with van der Waals surface area (Å²) < 4.78 is 1.81. The quantitative estimate of drug-likeness (QED) is 0.729. The van der Waals surface area contributed by atoms with Gasteiger partial charge in [0.15, 0.2) is 0 Å². The van der Waals surface area contributed by atoms with E-state index in [0.29, 0.717) is 13.1 Å².